The van der Waals surface area contributed by atoms with Crippen molar-refractivity contribution in [2.75, 3.05) is 14.1 Å². The van der Waals surface area contributed by atoms with Crippen molar-refractivity contribution in [3.63, 3.8) is 0 Å². The van der Waals surface area contributed by atoms with Crippen LogP contribution in [0.2, 0.25) is 0 Å². The van der Waals surface area contributed by atoms with E-state index in [1.54, 1.807) is 0 Å². The van der Waals surface area contributed by atoms with E-state index >= 15 is 0 Å². The highest BCUT2D eigenvalue weighted by atomic mass is 35.7. The molecule has 7 heteroatoms. The molecule has 0 saturated heterocycles. The molecule has 0 atom stereocenters. The van der Waals surface area contributed by atoms with Gasteiger partial charge in [-0.05, 0) is 47.1 Å². The molecule has 2 aromatic carbocycles. The average molecular weight is 452 g/mol. The Morgan fingerprint density at radius 2 is 1.38 bits per heavy atom. The predicted octanol–water partition coefficient (Wildman–Crippen LogP) is 0.404. The van der Waals surface area contributed by atoms with Gasteiger partial charge in [0.05, 0.1) is 0 Å². The van der Waals surface area contributed by atoms with E-state index in [-0.39, 0.29) is 0 Å². The Kier molecular flexibility index (Phi) is 7.58. The second-order valence-electron chi connectivity index (χ2n) is 7.12. The van der Waals surface area contributed by atoms with Crippen LogP contribution in [0.15, 0.2) is 108 Å². The van der Waals surface area contributed by atoms with E-state index in [4.69, 9.17) is 23.4 Å². The predicted molar refractivity (Wildman–Crippen MR) is 112 cm³/mol. The van der Waals surface area contributed by atoms with Crippen LogP contribution >= 0.6 is 0 Å². The van der Waals surface area contributed by atoms with E-state index in [0.717, 1.165) is 22.6 Å². The van der Waals surface area contributed by atoms with Gasteiger partial charge in [-0.15, -0.1) is 10.2 Å². The Labute approximate surface area is 189 Å². The minimum absolute atomic E-state index is 0.837. The molecule has 0 unspecified atom stereocenters. The summed E-state index contributed by atoms with van der Waals surface area (Å²) in [5.74, 6) is 1.73. The van der Waals surface area contributed by atoms with E-state index in [1.807, 2.05) is 44.4 Å². The van der Waals surface area contributed by atoms with Crippen molar-refractivity contribution in [1.82, 2.24) is 0 Å². The maximum Gasteiger partial charge on any atom is 0.199 e. The fraction of sp³-hybridized carbons (Fsp3) is 0.0800. The summed E-state index contributed by atoms with van der Waals surface area (Å²) in [5.41, 5.74) is 5.82. The Hall–Kier alpha value is -3.26. The van der Waals surface area contributed by atoms with Gasteiger partial charge >= 0.3 is 0 Å². The summed E-state index contributed by atoms with van der Waals surface area (Å²) in [4.78, 5) is 0. The smallest absolute Gasteiger partial charge is 0.199 e. The standard InChI is InChI=1S/C25H22NO.ClHO4/c1-26(2)21-15-12-19(13-16-21)14-17-22-18-24(20-8-4-3-5-9-20)23-10-6-7-11-25(23)27-22;2-1(3,4)5/h3-18H,1-2H3;(H,2,3,4,5)/q+1;/p-1/b22-17-;. The molecule has 0 radical (unpaired) electrons. The first kappa shape index (κ1) is 23.4. The molecule has 1 heterocycles. The van der Waals surface area contributed by atoms with Crippen LogP contribution in [0.1, 0.15) is 11.1 Å². The molecule has 0 N–H and O–H groups in total. The number of ether oxygens (including phenoxy) is 1. The lowest BCUT2D eigenvalue weighted by Gasteiger charge is -2.20. The van der Waals surface area contributed by atoms with Crippen LogP contribution in [0.3, 0.4) is 0 Å². The van der Waals surface area contributed by atoms with Gasteiger partial charge in [-0.2, -0.15) is 0 Å². The molecule has 1 aliphatic heterocycles. The largest absolute Gasteiger partial charge is 0.457 e. The Morgan fingerprint density at radius 3 is 2.00 bits per heavy atom. The lowest BCUT2D eigenvalue weighted by atomic mass is 9.94. The molecule has 0 fully saturated rings. The Balaban J connectivity index is 0.000000523. The van der Waals surface area contributed by atoms with Crippen molar-refractivity contribution in [2.24, 2.45) is 0 Å². The summed E-state index contributed by atoms with van der Waals surface area (Å²) >= 11 is 0. The minimum Gasteiger partial charge on any atom is -0.457 e. The molecule has 164 valence electrons. The number of para-hydroxylation sites is 1. The monoisotopic (exact) mass is 451 g/mol. The zero-order valence-corrected chi connectivity index (χ0v) is 18.4. The fourth-order valence-corrected chi connectivity index (χ4v) is 3.16. The molecule has 0 amide bonds. The number of benzene rings is 2. The van der Waals surface area contributed by atoms with Gasteiger partial charge in [0.15, 0.2) is 5.71 Å². The van der Waals surface area contributed by atoms with Crippen LogP contribution in [0, 0.1) is 10.2 Å². The van der Waals surface area contributed by atoms with E-state index in [9.17, 15) is 0 Å². The number of hydrogen-bond donors (Lipinski definition) is 0. The summed E-state index contributed by atoms with van der Waals surface area (Å²) in [7, 11) is -0.853. The first-order valence-corrected chi connectivity index (χ1v) is 10.9. The fourth-order valence-electron chi connectivity index (χ4n) is 3.16. The van der Waals surface area contributed by atoms with E-state index in [1.165, 1.54) is 16.8 Å². The topological polar surface area (TPSA) is 104 Å². The van der Waals surface area contributed by atoms with Gasteiger partial charge in [0.2, 0.25) is 0 Å². The third-order valence-corrected chi connectivity index (χ3v) is 4.63. The number of nitrogens with zero attached hydrogens (tertiary/aromatic N) is 1. The highest BCUT2D eigenvalue weighted by Gasteiger charge is 2.17. The summed E-state index contributed by atoms with van der Waals surface area (Å²) in [5, 5.41) is 0. The first-order chi connectivity index (χ1) is 15.2. The molecule has 2 aromatic rings. The van der Waals surface area contributed by atoms with Crippen LogP contribution in [0.4, 0.5) is 0 Å². The van der Waals surface area contributed by atoms with Gasteiger partial charge in [-0.3, -0.25) is 0 Å². The zero-order chi connectivity index (χ0) is 23.1. The molecule has 1 aliphatic carbocycles. The lowest BCUT2D eigenvalue weighted by Crippen LogP contribution is -2.68. The van der Waals surface area contributed by atoms with E-state index in [0.29, 0.717) is 0 Å². The van der Waals surface area contributed by atoms with Crippen molar-refractivity contribution in [3.05, 3.63) is 120 Å². The maximum absolute atomic E-state index is 8.49. The molecule has 0 spiro atoms. The summed E-state index contributed by atoms with van der Waals surface area (Å²) in [6.45, 7) is 0. The molecular formula is C25H22ClNO5. The van der Waals surface area contributed by atoms with Crippen LogP contribution in [-0.4, -0.2) is 24.4 Å². The quantitative estimate of drug-likeness (QED) is 0.615. The van der Waals surface area contributed by atoms with Gasteiger partial charge in [-0.25, -0.2) is 23.2 Å². The molecule has 6 nitrogen and oxygen atoms in total. The number of halogens is 1. The van der Waals surface area contributed by atoms with Crippen molar-refractivity contribution >= 4 is 11.3 Å². The summed E-state index contributed by atoms with van der Waals surface area (Å²) in [6.07, 6.45) is 14.7. The second kappa shape index (κ2) is 10.4. The van der Waals surface area contributed by atoms with Crippen molar-refractivity contribution in [1.29, 1.82) is 0 Å². The Morgan fingerprint density at radius 1 is 0.781 bits per heavy atom. The first-order valence-electron chi connectivity index (χ1n) is 9.69. The van der Waals surface area contributed by atoms with E-state index < -0.39 is 10.2 Å². The van der Waals surface area contributed by atoms with Gasteiger partial charge in [0, 0.05) is 17.7 Å². The van der Waals surface area contributed by atoms with Gasteiger partial charge in [0.25, 0.3) is 0 Å². The second-order valence-corrected chi connectivity index (χ2v) is 7.88. The lowest BCUT2D eigenvalue weighted by molar-refractivity contribution is -2.00. The number of rotatable bonds is 2. The molecule has 32 heavy (non-hydrogen) atoms. The summed E-state index contributed by atoms with van der Waals surface area (Å²) in [6, 6.07) is 18.6. The molecular weight excluding hydrogens is 430 g/mol. The highest BCUT2D eigenvalue weighted by molar-refractivity contribution is 6.02. The number of fused-ring (bicyclic) bond motifs is 1. The SMILES string of the molecule is C[N+](C)=C1C=CC(=C/C=C2/C=C(c3ccccc3)c3ccccc3O2)C=C1.[O-][Cl+3]([O-])([O-])[O-]. The van der Waals surface area contributed by atoms with E-state index in [2.05, 4.69) is 71.4 Å². The molecule has 4 rings (SSSR count). The molecule has 0 aromatic heterocycles. The van der Waals surface area contributed by atoms with Gasteiger partial charge < -0.3 is 4.74 Å². The van der Waals surface area contributed by atoms with Crippen LogP contribution < -0.4 is 23.4 Å². The normalized spacial score (nSPS) is 15.9. The van der Waals surface area contributed by atoms with Crippen molar-refractivity contribution < 1.29 is 38.2 Å². The molecule has 2 aliphatic rings. The Bertz CT molecular complexity index is 1120. The maximum atomic E-state index is 8.49. The number of allylic oxidation sites excluding steroid dienone is 8. The average Bonchev–Trinajstić information content (AvgIpc) is 2.77. The van der Waals surface area contributed by atoms with Crippen molar-refractivity contribution in [3.8, 4) is 5.75 Å². The zero-order valence-electron chi connectivity index (χ0n) is 17.6. The van der Waals surface area contributed by atoms with Gasteiger partial charge in [0.1, 0.15) is 25.6 Å². The van der Waals surface area contributed by atoms with Crippen LogP contribution in [0.25, 0.3) is 5.57 Å². The van der Waals surface area contributed by atoms with Crippen LogP contribution in [0.5, 0.6) is 5.75 Å². The van der Waals surface area contributed by atoms with Crippen molar-refractivity contribution in [2.45, 2.75) is 0 Å². The third-order valence-electron chi connectivity index (χ3n) is 4.63. The highest BCUT2D eigenvalue weighted by Crippen LogP contribution is 2.36. The third kappa shape index (κ3) is 6.88. The number of hydrogen-bond acceptors (Lipinski definition) is 5. The molecule has 0 saturated carbocycles. The van der Waals surface area contributed by atoms with Gasteiger partial charge in [-0.1, -0.05) is 54.6 Å². The molecule has 0 bridgehead atoms. The minimum atomic E-state index is -4.94. The van der Waals surface area contributed by atoms with Crippen LogP contribution in [-0.2, 0) is 0 Å². The summed E-state index contributed by atoms with van der Waals surface area (Å²) < 4.78 is 42.2.